The van der Waals surface area contributed by atoms with Crippen LogP contribution in [0.25, 0.3) is 22.0 Å². The van der Waals surface area contributed by atoms with E-state index in [2.05, 4.69) is 20.4 Å². The molecule has 6 heteroatoms. The van der Waals surface area contributed by atoms with Gasteiger partial charge < -0.3 is 4.74 Å². The van der Waals surface area contributed by atoms with Crippen LogP contribution >= 0.6 is 0 Å². The number of ether oxygens (including phenoxy) is 1. The smallest absolute Gasteiger partial charge is 0.275 e. The molecule has 0 radical (unpaired) electrons. The van der Waals surface area contributed by atoms with Crippen molar-refractivity contribution < 1.29 is 4.74 Å². The van der Waals surface area contributed by atoms with Gasteiger partial charge in [-0.3, -0.25) is 4.79 Å². The molecule has 6 nitrogen and oxygen atoms in total. The number of rotatable bonds is 2. The van der Waals surface area contributed by atoms with Gasteiger partial charge in [-0.2, -0.15) is 0 Å². The van der Waals surface area contributed by atoms with Gasteiger partial charge in [-0.05, 0) is 17.7 Å². The van der Waals surface area contributed by atoms with E-state index in [1.165, 1.54) is 0 Å². The Morgan fingerprint density at radius 2 is 2.11 bits per heavy atom. The van der Waals surface area contributed by atoms with E-state index in [4.69, 9.17) is 4.74 Å². The maximum Gasteiger partial charge on any atom is 0.275 e. The largest absolute Gasteiger partial charge is 0.481 e. The van der Waals surface area contributed by atoms with E-state index < -0.39 is 0 Å². The van der Waals surface area contributed by atoms with Crippen LogP contribution in [0.1, 0.15) is 0 Å². The highest BCUT2D eigenvalue weighted by Gasteiger charge is 2.09. The Balaban J connectivity index is 2.27. The fourth-order valence-electron chi connectivity index (χ4n) is 1.94. The fourth-order valence-corrected chi connectivity index (χ4v) is 1.94. The first-order chi connectivity index (χ1) is 9.29. The van der Waals surface area contributed by atoms with Gasteiger partial charge in [-0.25, -0.2) is 10.1 Å². The number of hydrogen-bond donors (Lipinski definition) is 1. The van der Waals surface area contributed by atoms with Crippen molar-refractivity contribution in [1.82, 2.24) is 20.4 Å². The predicted octanol–water partition coefficient (Wildman–Crippen LogP) is 1.39. The molecule has 0 spiro atoms. The van der Waals surface area contributed by atoms with Crippen molar-refractivity contribution in [2.75, 3.05) is 7.11 Å². The molecule has 0 unspecified atom stereocenters. The molecule has 0 saturated carbocycles. The van der Waals surface area contributed by atoms with Gasteiger partial charge in [0.1, 0.15) is 5.52 Å². The number of pyridine rings is 1. The number of H-pyrrole nitrogens is 1. The van der Waals surface area contributed by atoms with Crippen LogP contribution in [0.4, 0.5) is 0 Å². The lowest BCUT2D eigenvalue weighted by Crippen LogP contribution is -2.10. The molecule has 2 heterocycles. The highest BCUT2D eigenvalue weighted by atomic mass is 16.5. The molecule has 0 saturated heterocycles. The van der Waals surface area contributed by atoms with E-state index >= 15 is 0 Å². The normalized spacial score (nSPS) is 10.6. The van der Waals surface area contributed by atoms with Gasteiger partial charge in [0.15, 0.2) is 0 Å². The van der Waals surface area contributed by atoms with Crippen LogP contribution < -0.4 is 10.3 Å². The molecule has 3 rings (SSSR count). The Morgan fingerprint density at radius 3 is 2.84 bits per heavy atom. The molecular formula is C13H10N4O2. The number of methoxy groups -OCH3 is 1. The summed E-state index contributed by atoms with van der Waals surface area (Å²) in [6, 6.07) is 9.02. The summed E-state index contributed by atoms with van der Waals surface area (Å²) in [5.74, 6) is 0.526. The van der Waals surface area contributed by atoms with Crippen molar-refractivity contribution in [3.63, 3.8) is 0 Å². The summed E-state index contributed by atoms with van der Waals surface area (Å²) in [7, 11) is 1.56. The van der Waals surface area contributed by atoms with Crippen molar-refractivity contribution >= 4 is 10.9 Å². The molecule has 94 valence electrons. The zero-order valence-electron chi connectivity index (χ0n) is 10.1. The predicted molar refractivity (Wildman–Crippen MR) is 69.9 cm³/mol. The van der Waals surface area contributed by atoms with Gasteiger partial charge >= 0.3 is 0 Å². The molecule has 0 amide bonds. The summed E-state index contributed by atoms with van der Waals surface area (Å²) in [6.45, 7) is 0. The number of aromatic amines is 1. The molecule has 0 aliphatic carbocycles. The van der Waals surface area contributed by atoms with Crippen LogP contribution in [0.15, 0.2) is 41.3 Å². The Bertz CT molecular complexity index is 775. The molecule has 0 bridgehead atoms. The van der Waals surface area contributed by atoms with Gasteiger partial charge in [0, 0.05) is 17.8 Å². The third-order valence-corrected chi connectivity index (χ3v) is 2.84. The summed E-state index contributed by atoms with van der Waals surface area (Å²) in [4.78, 5) is 16.0. The molecule has 1 aromatic carbocycles. The van der Waals surface area contributed by atoms with E-state index in [0.717, 1.165) is 11.1 Å². The third kappa shape index (κ3) is 1.93. The van der Waals surface area contributed by atoms with Crippen LogP contribution in [-0.4, -0.2) is 27.5 Å². The number of hydrogen-bond acceptors (Lipinski definition) is 5. The zero-order valence-corrected chi connectivity index (χ0v) is 10.1. The summed E-state index contributed by atoms with van der Waals surface area (Å²) < 4.78 is 5.01. The van der Waals surface area contributed by atoms with Crippen molar-refractivity contribution in [2.45, 2.75) is 0 Å². The Hall–Kier alpha value is -2.76. The number of nitrogens with one attached hydrogen (secondary N) is 1. The Labute approximate surface area is 108 Å². The SMILES string of the molecule is COc1ccc(-c2cccc3nn[nH]c(=O)c23)cn1. The second kappa shape index (κ2) is 4.49. The van der Waals surface area contributed by atoms with Crippen LogP contribution in [0.2, 0.25) is 0 Å². The average molecular weight is 254 g/mol. The standard InChI is InChI=1S/C13H10N4O2/c1-19-11-6-5-8(7-14-11)9-3-2-4-10-12(9)13(18)16-17-15-10/h2-7H,1H3,(H,15,16,18). The molecule has 1 N–H and O–H groups in total. The lowest BCUT2D eigenvalue weighted by atomic mass is 10.0. The van der Waals surface area contributed by atoms with Crippen LogP contribution in [0, 0.1) is 0 Å². The minimum Gasteiger partial charge on any atom is -0.481 e. The minimum absolute atomic E-state index is 0.267. The van der Waals surface area contributed by atoms with E-state index in [-0.39, 0.29) is 5.56 Å². The highest BCUT2D eigenvalue weighted by Crippen LogP contribution is 2.25. The summed E-state index contributed by atoms with van der Waals surface area (Å²) >= 11 is 0. The lowest BCUT2D eigenvalue weighted by Gasteiger charge is -2.05. The lowest BCUT2D eigenvalue weighted by molar-refractivity contribution is 0.398. The van der Waals surface area contributed by atoms with Crippen molar-refractivity contribution in [2.24, 2.45) is 0 Å². The number of aromatic nitrogens is 4. The molecule has 0 fully saturated rings. The Kier molecular flexibility index (Phi) is 2.68. The second-order valence-corrected chi connectivity index (χ2v) is 3.93. The van der Waals surface area contributed by atoms with Crippen LogP contribution in [0.5, 0.6) is 5.88 Å². The second-order valence-electron chi connectivity index (χ2n) is 3.93. The van der Waals surface area contributed by atoms with Crippen molar-refractivity contribution in [1.29, 1.82) is 0 Å². The van der Waals surface area contributed by atoms with Gasteiger partial charge in [-0.1, -0.05) is 17.3 Å². The molecule has 3 aromatic rings. The highest BCUT2D eigenvalue weighted by molar-refractivity contribution is 5.93. The maximum absolute atomic E-state index is 11.9. The summed E-state index contributed by atoms with van der Waals surface area (Å²) in [6.07, 6.45) is 1.66. The first-order valence-electron chi connectivity index (χ1n) is 5.64. The minimum atomic E-state index is -0.267. The van der Waals surface area contributed by atoms with Gasteiger partial charge in [0.25, 0.3) is 5.56 Å². The van der Waals surface area contributed by atoms with Gasteiger partial charge in [0.2, 0.25) is 5.88 Å². The van der Waals surface area contributed by atoms with Crippen LogP contribution in [-0.2, 0) is 0 Å². The van der Waals surface area contributed by atoms with Gasteiger partial charge in [-0.15, -0.1) is 5.10 Å². The molecule has 19 heavy (non-hydrogen) atoms. The van der Waals surface area contributed by atoms with Crippen molar-refractivity contribution in [3.8, 4) is 17.0 Å². The van der Waals surface area contributed by atoms with Crippen LogP contribution in [0.3, 0.4) is 0 Å². The quantitative estimate of drug-likeness (QED) is 0.747. The zero-order chi connectivity index (χ0) is 13.2. The molecule has 0 atom stereocenters. The Morgan fingerprint density at radius 1 is 1.21 bits per heavy atom. The summed E-state index contributed by atoms with van der Waals surface area (Å²) in [5, 5.41) is 10.3. The number of nitrogens with zero attached hydrogens (tertiary/aromatic N) is 3. The third-order valence-electron chi connectivity index (χ3n) is 2.84. The maximum atomic E-state index is 11.9. The van der Waals surface area contributed by atoms with E-state index in [1.54, 1.807) is 25.4 Å². The first kappa shape index (κ1) is 11.3. The number of fused-ring (bicyclic) bond motifs is 1. The average Bonchev–Trinajstić information content (AvgIpc) is 2.47. The molecule has 0 aliphatic rings. The van der Waals surface area contributed by atoms with E-state index in [9.17, 15) is 4.79 Å². The topological polar surface area (TPSA) is 80.8 Å². The van der Waals surface area contributed by atoms with E-state index in [1.807, 2.05) is 18.2 Å². The summed E-state index contributed by atoms with van der Waals surface area (Å²) in [5.41, 5.74) is 1.88. The van der Waals surface area contributed by atoms with E-state index in [0.29, 0.717) is 16.8 Å². The number of benzene rings is 1. The monoisotopic (exact) mass is 254 g/mol. The molecular weight excluding hydrogens is 244 g/mol. The first-order valence-corrected chi connectivity index (χ1v) is 5.64. The molecule has 2 aromatic heterocycles. The van der Waals surface area contributed by atoms with Gasteiger partial charge in [0.05, 0.1) is 12.5 Å². The van der Waals surface area contributed by atoms with Crippen molar-refractivity contribution in [3.05, 3.63) is 46.9 Å². The molecule has 0 aliphatic heterocycles. The fraction of sp³-hybridized carbons (Fsp3) is 0.0769.